The molecule has 1 unspecified atom stereocenters. The second-order valence-electron chi connectivity index (χ2n) is 5.87. The molecule has 0 saturated carbocycles. The Morgan fingerprint density at radius 2 is 1.13 bits per heavy atom. The predicted molar refractivity (Wildman–Crippen MR) is 102 cm³/mol. The maximum absolute atomic E-state index is 12.0. The van der Waals surface area contributed by atoms with Gasteiger partial charge in [0.05, 0.1) is 9.85 Å². The normalized spacial score (nSPS) is 11.1. The summed E-state index contributed by atoms with van der Waals surface area (Å²) in [6.45, 7) is 1.41. The summed E-state index contributed by atoms with van der Waals surface area (Å²) in [4.78, 5) is 55.9. The van der Waals surface area contributed by atoms with E-state index in [2.05, 4.69) is 21.7 Å². The third-order valence-electron chi connectivity index (χ3n) is 3.78. The minimum Gasteiger partial charge on any atom is -0.287 e. The lowest BCUT2D eigenvalue weighted by Crippen LogP contribution is -2.54. The minimum absolute atomic E-state index is 0.0907. The number of hydrogen-bond acceptors (Lipinski definition) is 8. The average Bonchev–Trinajstić information content (AvgIpc) is 2.75. The number of carbonyl (C=O) groups excluding carboxylic acids is 3. The first-order valence-corrected chi connectivity index (χ1v) is 8.34. The van der Waals surface area contributed by atoms with Crippen molar-refractivity contribution in [1.82, 2.24) is 21.7 Å². The van der Waals surface area contributed by atoms with Gasteiger partial charge in [0.2, 0.25) is 0 Å². The molecule has 13 heteroatoms. The van der Waals surface area contributed by atoms with E-state index in [-0.39, 0.29) is 22.5 Å². The molecule has 30 heavy (non-hydrogen) atoms. The Bertz CT molecular complexity index is 975. The van der Waals surface area contributed by atoms with E-state index in [0.29, 0.717) is 0 Å². The summed E-state index contributed by atoms with van der Waals surface area (Å²) < 4.78 is 0. The van der Waals surface area contributed by atoms with Crippen LogP contribution in [0.2, 0.25) is 0 Å². The molecule has 0 aliphatic heterocycles. The standard InChI is InChI=1S/C17H16N6O7/c1-10(18-20-16(25)11-2-6-13(7-3-11)22(27)28)15(24)19-21-17(26)12-4-8-14(9-5-12)23(29)30/h2-10,18H,1H3,(H,19,24)(H,20,25)(H,21,26). The number of amides is 3. The number of hydrazine groups is 2. The van der Waals surface area contributed by atoms with Crippen LogP contribution in [0.25, 0.3) is 0 Å². The van der Waals surface area contributed by atoms with E-state index in [9.17, 15) is 34.6 Å². The van der Waals surface area contributed by atoms with Gasteiger partial charge >= 0.3 is 0 Å². The fourth-order valence-corrected chi connectivity index (χ4v) is 2.08. The zero-order valence-corrected chi connectivity index (χ0v) is 15.4. The highest BCUT2D eigenvalue weighted by Crippen LogP contribution is 2.12. The molecular formula is C17H16N6O7. The van der Waals surface area contributed by atoms with Crippen molar-refractivity contribution >= 4 is 29.1 Å². The van der Waals surface area contributed by atoms with Crippen molar-refractivity contribution in [3.8, 4) is 0 Å². The van der Waals surface area contributed by atoms with Gasteiger partial charge in [-0.15, -0.1) is 0 Å². The highest BCUT2D eigenvalue weighted by Gasteiger charge is 2.16. The maximum Gasteiger partial charge on any atom is 0.269 e. The summed E-state index contributed by atoms with van der Waals surface area (Å²) >= 11 is 0. The molecule has 2 aromatic rings. The summed E-state index contributed by atoms with van der Waals surface area (Å²) in [5.41, 5.74) is 8.85. The van der Waals surface area contributed by atoms with Crippen LogP contribution in [0.5, 0.6) is 0 Å². The molecule has 0 saturated heterocycles. The molecule has 0 heterocycles. The second-order valence-corrected chi connectivity index (χ2v) is 5.87. The summed E-state index contributed by atoms with van der Waals surface area (Å²) in [5.74, 6) is -2.01. The molecule has 0 aromatic heterocycles. The third kappa shape index (κ3) is 5.80. The number of rotatable bonds is 7. The molecule has 0 aliphatic rings. The van der Waals surface area contributed by atoms with E-state index in [4.69, 9.17) is 0 Å². The van der Waals surface area contributed by atoms with Gasteiger partial charge in [0.25, 0.3) is 29.1 Å². The van der Waals surface area contributed by atoms with E-state index in [1.807, 2.05) is 0 Å². The number of carbonyl (C=O) groups is 3. The molecule has 13 nitrogen and oxygen atoms in total. The number of nitro groups is 2. The van der Waals surface area contributed by atoms with Crippen molar-refractivity contribution in [1.29, 1.82) is 0 Å². The second kappa shape index (κ2) is 9.70. The fraction of sp³-hybridized carbons (Fsp3) is 0.118. The van der Waals surface area contributed by atoms with Crippen LogP contribution < -0.4 is 21.7 Å². The van der Waals surface area contributed by atoms with Gasteiger partial charge in [0, 0.05) is 35.4 Å². The quantitative estimate of drug-likeness (QED) is 0.373. The van der Waals surface area contributed by atoms with Crippen LogP contribution in [0, 0.1) is 20.2 Å². The molecule has 4 N–H and O–H groups in total. The molecule has 0 aliphatic carbocycles. The first kappa shape index (κ1) is 21.9. The molecule has 0 radical (unpaired) electrons. The van der Waals surface area contributed by atoms with Crippen LogP contribution in [-0.4, -0.2) is 33.6 Å². The number of nitrogens with zero attached hydrogens (tertiary/aromatic N) is 2. The van der Waals surface area contributed by atoms with Crippen LogP contribution in [-0.2, 0) is 4.79 Å². The van der Waals surface area contributed by atoms with Crippen LogP contribution in [0.4, 0.5) is 11.4 Å². The number of nitrogens with one attached hydrogen (secondary N) is 4. The molecule has 1 atom stereocenters. The van der Waals surface area contributed by atoms with Crippen LogP contribution in [0.3, 0.4) is 0 Å². The first-order chi connectivity index (χ1) is 14.2. The van der Waals surface area contributed by atoms with Crippen molar-refractivity contribution in [2.75, 3.05) is 0 Å². The number of non-ortho nitro benzene ring substituents is 2. The average molecular weight is 416 g/mol. The minimum atomic E-state index is -0.954. The molecule has 0 bridgehead atoms. The zero-order valence-electron chi connectivity index (χ0n) is 15.4. The Hall–Kier alpha value is -4.39. The van der Waals surface area contributed by atoms with Gasteiger partial charge < -0.3 is 0 Å². The Morgan fingerprint density at radius 3 is 1.53 bits per heavy atom. The number of hydrogen-bond donors (Lipinski definition) is 4. The van der Waals surface area contributed by atoms with Crippen LogP contribution in [0.15, 0.2) is 48.5 Å². The van der Waals surface area contributed by atoms with Crippen molar-refractivity contribution in [2.24, 2.45) is 0 Å². The predicted octanol–water partition coefficient (Wildman–Crippen LogP) is 0.587. The van der Waals surface area contributed by atoms with Crippen molar-refractivity contribution in [3.05, 3.63) is 79.9 Å². The Balaban J connectivity index is 1.81. The van der Waals surface area contributed by atoms with E-state index in [1.54, 1.807) is 0 Å². The van der Waals surface area contributed by atoms with E-state index in [0.717, 1.165) is 12.1 Å². The largest absolute Gasteiger partial charge is 0.287 e. The molecule has 0 fully saturated rings. The summed E-state index contributed by atoms with van der Waals surface area (Å²) in [6, 6.07) is 8.64. The van der Waals surface area contributed by atoms with E-state index < -0.39 is 33.6 Å². The summed E-state index contributed by atoms with van der Waals surface area (Å²) in [7, 11) is 0. The monoisotopic (exact) mass is 416 g/mol. The lowest BCUT2D eigenvalue weighted by molar-refractivity contribution is -0.385. The van der Waals surface area contributed by atoms with Crippen molar-refractivity contribution in [3.63, 3.8) is 0 Å². The fourth-order valence-electron chi connectivity index (χ4n) is 2.08. The Labute approximate surface area is 168 Å². The zero-order chi connectivity index (χ0) is 22.3. The smallest absolute Gasteiger partial charge is 0.269 e. The van der Waals surface area contributed by atoms with Crippen molar-refractivity contribution < 1.29 is 24.2 Å². The number of nitro benzene ring substituents is 2. The van der Waals surface area contributed by atoms with Gasteiger partial charge in [-0.05, 0) is 31.2 Å². The molecule has 0 spiro atoms. The van der Waals surface area contributed by atoms with Gasteiger partial charge in [-0.25, -0.2) is 5.43 Å². The van der Waals surface area contributed by atoms with E-state index >= 15 is 0 Å². The van der Waals surface area contributed by atoms with Crippen molar-refractivity contribution in [2.45, 2.75) is 13.0 Å². The number of benzene rings is 2. The van der Waals surface area contributed by atoms with Gasteiger partial charge in [-0.2, -0.15) is 0 Å². The van der Waals surface area contributed by atoms with E-state index in [1.165, 1.54) is 43.3 Å². The van der Waals surface area contributed by atoms with Gasteiger partial charge in [0.1, 0.15) is 6.04 Å². The lowest BCUT2D eigenvalue weighted by atomic mass is 10.2. The lowest BCUT2D eigenvalue weighted by Gasteiger charge is -2.15. The SMILES string of the molecule is CC(NNC(=O)c1ccc([N+](=O)[O-])cc1)C(=O)NNC(=O)c1ccc([N+](=O)[O-])cc1. The van der Waals surface area contributed by atoms with Crippen LogP contribution >= 0.6 is 0 Å². The summed E-state index contributed by atoms with van der Waals surface area (Å²) in [6.07, 6.45) is 0. The highest BCUT2D eigenvalue weighted by molar-refractivity contribution is 5.96. The Morgan fingerprint density at radius 1 is 0.733 bits per heavy atom. The van der Waals surface area contributed by atoms with Gasteiger partial charge in [-0.3, -0.25) is 50.9 Å². The van der Waals surface area contributed by atoms with Crippen LogP contribution in [0.1, 0.15) is 27.6 Å². The third-order valence-corrected chi connectivity index (χ3v) is 3.78. The molecule has 156 valence electrons. The molecule has 2 rings (SSSR count). The maximum atomic E-state index is 12.0. The topological polar surface area (TPSA) is 186 Å². The molecular weight excluding hydrogens is 400 g/mol. The van der Waals surface area contributed by atoms with Gasteiger partial charge in [-0.1, -0.05) is 0 Å². The van der Waals surface area contributed by atoms with Gasteiger partial charge in [0.15, 0.2) is 0 Å². The first-order valence-electron chi connectivity index (χ1n) is 8.34. The highest BCUT2D eigenvalue weighted by atomic mass is 16.6. The molecule has 2 aromatic carbocycles. The Kier molecular flexibility index (Phi) is 7.08. The molecule has 3 amide bonds. The summed E-state index contributed by atoms with van der Waals surface area (Å²) in [5, 5.41) is 21.2.